The van der Waals surface area contributed by atoms with Crippen LogP contribution in [0.1, 0.15) is 6.92 Å². The molecular weight excluding hydrogens is 228 g/mol. The molecular formula is C11H15ClN2O2. The van der Waals surface area contributed by atoms with Crippen molar-refractivity contribution in [1.29, 1.82) is 0 Å². The first kappa shape index (κ1) is 11.4. The Morgan fingerprint density at radius 3 is 2.62 bits per heavy atom. The lowest BCUT2D eigenvalue weighted by molar-refractivity contribution is 0.171. The van der Waals surface area contributed by atoms with Crippen LogP contribution in [0.5, 0.6) is 11.5 Å². The fourth-order valence-electron chi connectivity index (χ4n) is 1.50. The van der Waals surface area contributed by atoms with E-state index in [4.69, 9.17) is 26.8 Å². The Morgan fingerprint density at radius 2 is 2.00 bits per heavy atom. The highest BCUT2D eigenvalue weighted by molar-refractivity contribution is 6.33. The Morgan fingerprint density at radius 1 is 1.38 bits per heavy atom. The molecule has 88 valence electrons. The molecule has 1 aliphatic heterocycles. The van der Waals surface area contributed by atoms with E-state index in [1.165, 1.54) is 0 Å². The average molecular weight is 243 g/mol. The van der Waals surface area contributed by atoms with Crippen LogP contribution in [0, 0.1) is 0 Å². The van der Waals surface area contributed by atoms with Crippen molar-refractivity contribution in [2.45, 2.75) is 13.0 Å². The largest absolute Gasteiger partial charge is 0.486 e. The van der Waals surface area contributed by atoms with E-state index in [-0.39, 0.29) is 6.04 Å². The summed E-state index contributed by atoms with van der Waals surface area (Å²) in [5.74, 6) is 1.42. The molecule has 5 heteroatoms. The van der Waals surface area contributed by atoms with E-state index >= 15 is 0 Å². The zero-order chi connectivity index (χ0) is 11.5. The van der Waals surface area contributed by atoms with Crippen molar-refractivity contribution in [1.82, 2.24) is 0 Å². The van der Waals surface area contributed by atoms with Gasteiger partial charge in [-0.1, -0.05) is 11.6 Å². The summed E-state index contributed by atoms with van der Waals surface area (Å²) in [6.07, 6.45) is 0. The predicted octanol–water partition coefficient (Wildman–Crippen LogP) is 1.87. The van der Waals surface area contributed by atoms with Gasteiger partial charge in [0.25, 0.3) is 0 Å². The number of nitrogens with two attached hydrogens (primary N) is 1. The van der Waals surface area contributed by atoms with Gasteiger partial charge in [-0.2, -0.15) is 0 Å². The predicted molar refractivity (Wildman–Crippen MR) is 64.6 cm³/mol. The Balaban J connectivity index is 2.25. The van der Waals surface area contributed by atoms with Gasteiger partial charge in [0.1, 0.15) is 13.2 Å². The van der Waals surface area contributed by atoms with Gasteiger partial charge in [0.2, 0.25) is 0 Å². The highest BCUT2D eigenvalue weighted by Crippen LogP contribution is 2.38. The molecule has 1 atom stereocenters. The van der Waals surface area contributed by atoms with E-state index in [1.54, 1.807) is 6.07 Å². The molecule has 0 saturated carbocycles. The zero-order valence-corrected chi connectivity index (χ0v) is 9.88. The molecule has 0 radical (unpaired) electrons. The number of hydrogen-bond acceptors (Lipinski definition) is 4. The molecule has 16 heavy (non-hydrogen) atoms. The second-order valence-corrected chi connectivity index (χ2v) is 4.16. The van der Waals surface area contributed by atoms with Crippen LogP contribution in [0.4, 0.5) is 5.69 Å². The van der Waals surface area contributed by atoms with Crippen LogP contribution < -0.4 is 20.5 Å². The SMILES string of the molecule is CC(CN)Nc1cc2c(cc1Cl)OCCO2. The summed E-state index contributed by atoms with van der Waals surface area (Å²) in [5, 5.41) is 3.83. The Hall–Kier alpha value is -1.13. The molecule has 1 heterocycles. The number of nitrogens with one attached hydrogen (secondary N) is 1. The number of hydrogen-bond donors (Lipinski definition) is 2. The molecule has 4 nitrogen and oxygen atoms in total. The minimum atomic E-state index is 0.167. The molecule has 0 aromatic heterocycles. The van der Waals surface area contributed by atoms with Gasteiger partial charge >= 0.3 is 0 Å². The van der Waals surface area contributed by atoms with E-state index in [0.717, 1.165) is 11.4 Å². The van der Waals surface area contributed by atoms with Gasteiger partial charge in [0.05, 0.1) is 10.7 Å². The highest BCUT2D eigenvalue weighted by Gasteiger charge is 2.15. The molecule has 3 N–H and O–H groups in total. The fraction of sp³-hybridized carbons (Fsp3) is 0.455. The Kier molecular flexibility index (Phi) is 3.41. The molecule has 0 fully saturated rings. The summed E-state index contributed by atoms with van der Waals surface area (Å²) >= 11 is 6.12. The van der Waals surface area contributed by atoms with E-state index in [9.17, 15) is 0 Å². The first-order valence-corrected chi connectivity index (χ1v) is 5.64. The minimum Gasteiger partial charge on any atom is -0.486 e. The highest BCUT2D eigenvalue weighted by atomic mass is 35.5. The number of anilines is 1. The van der Waals surface area contributed by atoms with Crippen LogP contribution >= 0.6 is 11.6 Å². The lowest BCUT2D eigenvalue weighted by Crippen LogP contribution is -2.25. The van der Waals surface area contributed by atoms with Crippen LogP contribution in [0.2, 0.25) is 5.02 Å². The summed E-state index contributed by atoms with van der Waals surface area (Å²) in [4.78, 5) is 0. The third-order valence-electron chi connectivity index (χ3n) is 2.39. The van der Waals surface area contributed by atoms with Crippen LogP contribution in [0.25, 0.3) is 0 Å². The molecule has 1 unspecified atom stereocenters. The van der Waals surface area contributed by atoms with Gasteiger partial charge in [-0.15, -0.1) is 0 Å². The average Bonchev–Trinajstić information content (AvgIpc) is 2.30. The number of rotatable bonds is 3. The topological polar surface area (TPSA) is 56.5 Å². The maximum absolute atomic E-state index is 6.12. The quantitative estimate of drug-likeness (QED) is 0.850. The molecule has 0 spiro atoms. The number of ether oxygens (including phenoxy) is 2. The second-order valence-electron chi connectivity index (χ2n) is 3.76. The van der Waals surface area contributed by atoms with Gasteiger partial charge in [-0.25, -0.2) is 0 Å². The number of fused-ring (bicyclic) bond motifs is 1. The maximum Gasteiger partial charge on any atom is 0.163 e. The second kappa shape index (κ2) is 4.80. The van der Waals surface area contributed by atoms with Crippen molar-refractivity contribution in [2.24, 2.45) is 5.73 Å². The Labute approximate surface area is 99.7 Å². The van der Waals surface area contributed by atoms with Crippen molar-refractivity contribution < 1.29 is 9.47 Å². The normalized spacial score (nSPS) is 15.7. The van der Waals surface area contributed by atoms with Crippen LogP contribution in [-0.2, 0) is 0 Å². The van der Waals surface area contributed by atoms with Crippen molar-refractivity contribution in [3.8, 4) is 11.5 Å². The summed E-state index contributed by atoms with van der Waals surface area (Å²) in [6, 6.07) is 3.78. The van der Waals surface area contributed by atoms with E-state index in [0.29, 0.717) is 30.5 Å². The minimum absolute atomic E-state index is 0.167. The zero-order valence-electron chi connectivity index (χ0n) is 9.13. The first-order chi connectivity index (χ1) is 7.70. The summed E-state index contributed by atoms with van der Waals surface area (Å²) in [6.45, 7) is 3.67. The molecule has 1 aliphatic rings. The van der Waals surface area contributed by atoms with Crippen molar-refractivity contribution in [3.63, 3.8) is 0 Å². The first-order valence-electron chi connectivity index (χ1n) is 5.26. The molecule has 0 amide bonds. The van der Waals surface area contributed by atoms with Crippen molar-refractivity contribution >= 4 is 17.3 Å². The fourth-order valence-corrected chi connectivity index (χ4v) is 1.71. The van der Waals surface area contributed by atoms with Crippen LogP contribution in [0.15, 0.2) is 12.1 Å². The summed E-state index contributed by atoms with van der Waals surface area (Å²) < 4.78 is 10.9. The molecule has 0 aliphatic carbocycles. The molecule has 1 aromatic rings. The van der Waals surface area contributed by atoms with Crippen molar-refractivity contribution in [3.05, 3.63) is 17.2 Å². The lowest BCUT2D eigenvalue weighted by atomic mass is 10.2. The molecule has 1 aromatic carbocycles. The third-order valence-corrected chi connectivity index (χ3v) is 2.70. The molecule has 0 bridgehead atoms. The Bertz CT molecular complexity index is 384. The van der Waals surface area contributed by atoms with Gasteiger partial charge < -0.3 is 20.5 Å². The van der Waals surface area contributed by atoms with Gasteiger partial charge in [0, 0.05) is 24.7 Å². The van der Waals surface area contributed by atoms with Gasteiger partial charge in [0.15, 0.2) is 11.5 Å². The van der Waals surface area contributed by atoms with Gasteiger partial charge in [-0.3, -0.25) is 0 Å². The van der Waals surface area contributed by atoms with E-state index in [2.05, 4.69) is 5.32 Å². The van der Waals surface area contributed by atoms with Crippen molar-refractivity contribution in [2.75, 3.05) is 25.1 Å². The van der Waals surface area contributed by atoms with E-state index < -0.39 is 0 Å². The van der Waals surface area contributed by atoms with E-state index in [1.807, 2.05) is 13.0 Å². The van der Waals surface area contributed by atoms with Crippen LogP contribution in [0.3, 0.4) is 0 Å². The summed E-state index contributed by atoms with van der Waals surface area (Å²) in [5.41, 5.74) is 6.37. The monoisotopic (exact) mass is 242 g/mol. The maximum atomic E-state index is 6.12. The third kappa shape index (κ3) is 2.33. The molecule has 2 rings (SSSR count). The van der Waals surface area contributed by atoms with Crippen LogP contribution in [-0.4, -0.2) is 25.8 Å². The smallest absolute Gasteiger partial charge is 0.163 e. The molecule has 0 saturated heterocycles. The standard InChI is InChI=1S/C11H15ClN2O2/c1-7(6-13)14-9-5-11-10(4-8(9)12)15-2-3-16-11/h4-5,7,14H,2-3,6,13H2,1H3. The van der Waals surface area contributed by atoms with Gasteiger partial charge in [-0.05, 0) is 6.92 Å². The number of halogens is 1. The number of benzene rings is 1. The summed E-state index contributed by atoms with van der Waals surface area (Å²) in [7, 11) is 0. The lowest BCUT2D eigenvalue weighted by Gasteiger charge is -2.21.